The van der Waals surface area contributed by atoms with Gasteiger partial charge in [0.25, 0.3) is 0 Å². The third-order valence-electron chi connectivity index (χ3n) is 6.67. The Balaban J connectivity index is 1.77. The van der Waals surface area contributed by atoms with E-state index in [2.05, 4.69) is 16.9 Å². The lowest BCUT2D eigenvalue weighted by molar-refractivity contribution is -0.143. The van der Waals surface area contributed by atoms with Crippen molar-refractivity contribution in [3.8, 4) is 28.3 Å². The number of alkyl halides is 6. The number of aromatic nitrogens is 2. The molecule has 0 unspecified atom stereocenters. The number of halogens is 6. The molecule has 0 amide bonds. The molecule has 0 aliphatic heterocycles. The number of unbranched alkanes of at least 4 members (excludes halogenated alkanes) is 4. The standard InChI is InChI=1S/C30H28F6N4O2/c1-2-3-4-5-6-11-24(41)42-23-13-12-22(20-9-7-8-10-21(20)23)27-25(37)26(39-28(38)40-27)17-14-18(29(31,32)33)16-19(15-17)30(34,35)36/h7-10,12-16H,2-6,11,37H2,1H3,(H2,38,39,40). The zero-order valence-corrected chi connectivity index (χ0v) is 22.6. The number of hydrogen-bond acceptors (Lipinski definition) is 6. The topological polar surface area (TPSA) is 104 Å². The average Bonchev–Trinajstić information content (AvgIpc) is 2.93. The van der Waals surface area contributed by atoms with Crippen molar-refractivity contribution in [2.24, 2.45) is 0 Å². The number of carbonyl (C=O) groups excluding carboxylic acids is 1. The Morgan fingerprint density at radius 1 is 0.786 bits per heavy atom. The van der Waals surface area contributed by atoms with Gasteiger partial charge in [-0.3, -0.25) is 4.79 Å². The molecule has 0 fully saturated rings. The Morgan fingerprint density at radius 2 is 1.38 bits per heavy atom. The quantitative estimate of drug-likeness (QED) is 0.0878. The molecule has 0 bridgehead atoms. The monoisotopic (exact) mass is 590 g/mol. The molecule has 0 atom stereocenters. The second-order valence-electron chi connectivity index (χ2n) is 9.78. The van der Waals surface area contributed by atoms with Crippen LogP contribution in [0.2, 0.25) is 0 Å². The number of hydrogen-bond donors (Lipinski definition) is 2. The van der Waals surface area contributed by atoms with Crippen LogP contribution in [0.5, 0.6) is 5.75 Å². The van der Waals surface area contributed by atoms with E-state index < -0.39 is 46.7 Å². The number of carbonyl (C=O) groups is 1. The number of nitrogens with zero attached hydrogens (tertiary/aromatic N) is 2. The van der Waals surface area contributed by atoms with E-state index in [0.29, 0.717) is 34.9 Å². The number of ether oxygens (including phenoxy) is 1. The van der Waals surface area contributed by atoms with Gasteiger partial charge in [0, 0.05) is 22.9 Å². The van der Waals surface area contributed by atoms with Gasteiger partial charge in [-0.2, -0.15) is 26.3 Å². The second kappa shape index (κ2) is 12.3. The van der Waals surface area contributed by atoms with Crippen LogP contribution < -0.4 is 16.2 Å². The minimum absolute atomic E-state index is 0.00605. The largest absolute Gasteiger partial charge is 0.426 e. The van der Waals surface area contributed by atoms with Gasteiger partial charge in [-0.1, -0.05) is 56.9 Å². The maximum Gasteiger partial charge on any atom is 0.416 e. The van der Waals surface area contributed by atoms with Gasteiger partial charge in [0.1, 0.15) is 11.4 Å². The number of benzene rings is 3. The molecule has 4 rings (SSSR count). The van der Waals surface area contributed by atoms with Crippen LogP contribution in [0.4, 0.5) is 38.0 Å². The van der Waals surface area contributed by atoms with Crippen molar-refractivity contribution in [3.05, 3.63) is 65.7 Å². The van der Waals surface area contributed by atoms with Gasteiger partial charge in [0.05, 0.1) is 22.5 Å². The molecule has 222 valence electrons. The zero-order chi connectivity index (χ0) is 30.7. The van der Waals surface area contributed by atoms with E-state index in [0.717, 1.165) is 25.7 Å². The predicted molar refractivity (Wildman–Crippen MR) is 148 cm³/mol. The molecule has 0 aliphatic carbocycles. The first-order chi connectivity index (χ1) is 19.8. The Morgan fingerprint density at radius 3 is 2.00 bits per heavy atom. The van der Waals surface area contributed by atoms with Gasteiger partial charge in [-0.25, -0.2) is 9.97 Å². The third-order valence-corrected chi connectivity index (χ3v) is 6.67. The van der Waals surface area contributed by atoms with Crippen molar-refractivity contribution in [2.75, 3.05) is 11.5 Å². The Bertz CT molecular complexity index is 1570. The summed E-state index contributed by atoms with van der Waals surface area (Å²) in [5, 5.41) is 1.03. The number of anilines is 2. The molecule has 0 saturated heterocycles. The van der Waals surface area contributed by atoms with Crippen molar-refractivity contribution < 1.29 is 35.9 Å². The summed E-state index contributed by atoms with van der Waals surface area (Å²) >= 11 is 0. The number of esters is 1. The van der Waals surface area contributed by atoms with Gasteiger partial charge >= 0.3 is 18.3 Å². The van der Waals surface area contributed by atoms with Crippen LogP contribution in [0.25, 0.3) is 33.3 Å². The van der Waals surface area contributed by atoms with Crippen LogP contribution >= 0.6 is 0 Å². The number of nitrogens with two attached hydrogens (primary N) is 2. The summed E-state index contributed by atoms with van der Waals surface area (Å²) in [5.74, 6) is -0.535. The molecule has 1 aromatic heterocycles. The van der Waals surface area contributed by atoms with Crippen molar-refractivity contribution >= 4 is 28.4 Å². The van der Waals surface area contributed by atoms with Gasteiger partial charge in [-0.15, -0.1) is 0 Å². The smallest absolute Gasteiger partial charge is 0.416 e. The van der Waals surface area contributed by atoms with Gasteiger partial charge in [0.15, 0.2) is 0 Å². The molecule has 0 spiro atoms. The fourth-order valence-electron chi connectivity index (χ4n) is 4.62. The Labute approximate surface area is 237 Å². The molecule has 0 saturated carbocycles. The van der Waals surface area contributed by atoms with Crippen molar-refractivity contribution in [3.63, 3.8) is 0 Å². The molecule has 4 aromatic rings. The highest BCUT2D eigenvalue weighted by Crippen LogP contribution is 2.42. The second-order valence-corrected chi connectivity index (χ2v) is 9.78. The molecule has 12 heteroatoms. The predicted octanol–water partition coefficient (Wildman–Crippen LogP) is 8.43. The first kappa shape index (κ1) is 30.6. The lowest BCUT2D eigenvalue weighted by Crippen LogP contribution is -2.12. The molecular weight excluding hydrogens is 562 g/mol. The highest BCUT2D eigenvalue weighted by atomic mass is 19.4. The number of fused-ring (bicyclic) bond motifs is 1. The SMILES string of the molecule is CCCCCCCC(=O)Oc1ccc(-c2nc(N)nc(-c3cc(C(F)(F)F)cc(C(F)(F)F)c3)c2N)c2ccccc12. The third kappa shape index (κ3) is 6.92. The highest BCUT2D eigenvalue weighted by Gasteiger charge is 2.37. The summed E-state index contributed by atoms with van der Waals surface area (Å²) in [5.41, 5.74) is 8.30. The van der Waals surface area contributed by atoms with Crippen LogP contribution in [0.1, 0.15) is 56.6 Å². The van der Waals surface area contributed by atoms with Gasteiger partial charge in [-0.05, 0) is 42.1 Å². The number of rotatable bonds is 9. The molecule has 1 heterocycles. The van der Waals surface area contributed by atoms with E-state index in [1.54, 1.807) is 30.3 Å². The lowest BCUT2D eigenvalue weighted by atomic mass is 9.97. The summed E-state index contributed by atoms with van der Waals surface area (Å²) < 4.78 is 86.6. The maximum absolute atomic E-state index is 13.5. The van der Waals surface area contributed by atoms with Crippen LogP contribution in [0.3, 0.4) is 0 Å². The molecule has 0 aliphatic rings. The van der Waals surface area contributed by atoms with E-state index in [1.165, 1.54) is 6.07 Å². The first-order valence-electron chi connectivity index (χ1n) is 13.2. The van der Waals surface area contributed by atoms with Crippen LogP contribution in [-0.2, 0) is 17.1 Å². The Hall–Kier alpha value is -4.35. The van der Waals surface area contributed by atoms with Gasteiger partial charge < -0.3 is 16.2 Å². The van der Waals surface area contributed by atoms with Crippen molar-refractivity contribution in [1.29, 1.82) is 0 Å². The first-order valence-corrected chi connectivity index (χ1v) is 13.2. The molecule has 3 aromatic carbocycles. The summed E-state index contributed by atoms with van der Waals surface area (Å²) in [6, 6.07) is 11.0. The van der Waals surface area contributed by atoms with Crippen molar-refractivity contribution in [1.82, 2.24) is 9.97 Å². The minimum Gasteiger partial charge on any atom is -0.426 e. The molecule has 42 heavy (non-hydrogen) atoms. The summed E-state index contributed by atoms with van der Waals surface area (Å²) in [4.78, 5) is 20.6. The maximum atomic E-state index is 13.5. The van der Waals surface area contributed by atoms with Crippen LogP contribution in [-0.4, -0.2) is 15.9 Å². The Kier molecular flexibility index (Phi) is 8.93. The molecule has 0 radical (unpaired) electrons. The van der Waals surface area contributed by atoms with E-state index >= 15 is 0 Å². The van der Waals surface area contributed by atoms with E-state index in [1.807, 2.05) is 0 Å². The molecular formula is C30H28F6N4O2. The fourth-order valence-corrected chi connectivity index (χ4v) is 4.62. The highest BCUT2D eigenvalue weighted by molar-refractivity contribution is 6.03. The van der Waals surface area contributed by atoms with Gasteiger partial charge in [0.2, 0.25) is 5.95 Å². The number of nitrogen functional groups attached to an aromatic ring is 2. The fraction of sp³-hybridized carbons (Fsp3) is 0.300. The van der Waals surface area contributed by atoms with Crippen LogP contribution in [0.15, 0.2) is 54.6 Å². The molecule has 6 nitrogen and oxygen atoms in total. The molecule has 4 N–H and O–H groups in total. The summed E-state index contributed by atoms with van der Waals surface area (Å²) in [7, 11) is 0. The minimum atomic E-state index is -5.06. The van der Waals surface area contributed by atoms with Crippen LogP contribution in [0, 0.1) is 0 Å². The lowest BCUT2D eigenvalue weighted by Gasteiger charge is -2.17. The van der Waals surface area contributed by atoms with E-state index in [-0.39, 0.29) is 29.6 Å². The van der Waals surface area contributed by atoms with E-state index in [4.69, 9.17) is 16.2 Å². The summed E-state index contributed by atoms with van der Waals surface area (Å²) in [6.45, 7) is 2.10. The zero-order valence-electron chi connectivity index (χ0n) is 22.6. The summed E-state index contributed by atoms with van der Waals surface area (Å²) in [6.07, 6.45) is -5.07. The normalized spacial score (nSPS) is 12.1. The van der Waals surface area contributed by atoms with E-state index in [9.17, 15) is 31.1 Å². The average molecular weight is 591 g/mol. The van der Waals surface area contributed by atoms with Crippen molar-refractivity contribution in [2.45, 2.75) is 57.8 Å².